The minimum absolute atomic E-state index is 0.225. The number of benzene rings is 2. The second-order valence-electron chi connectivity index (χ2n) is 8.82. The number of hydrogen-bond acceptors (Lipinski definition) is 5. The topological polar surface area (TPSA) is 78.8 Å². The highest BCUT2D eigenvalue weighted by atomic mass is 16.5. The lowest BCUT2D eigenvalue weighted by molar-refractivity contribution is 0.271. The molecule has 0 aliphatic carbocycles. The fourth-order valence-electron chi connectivity index (χ4n) is 3.37. The average Bonchev–Trinajstić information content (AvgIpc) is 3.07. The number of anilines is 1. The summed E-state index contributed by atoms with van der Waals surface area (Å²) in [4.78, 5) is 8.65. The number of nitrogens with two attached hydrogens (primary N) is 1. The lowest BCUT2D eigenvalue weighted by Gasteiger charge is -2.19. The maximum absolute atomic E-state index is 6.22. The van der Waals surface area contributed by atoms with Crippen LogP contribution in [0, 0.1) is 5.92 Å². The van der Waals surface area contributed by atoms with E-state index in [-0.39, 0.29) is 5.54 Å². The van der Waals surface area contributed by atoms with Gasteiger partial charge < -0.3 is 10.5 Å². The van der Waals surface area contributed by atoms with Crippen LogP contribution in [0.25, 0.3) is 33.1 Å². The van der Waals surface area contributed by atoms with Gasteiger partial charge in [-0.25, -0.2) is 14.6 Å². The van der Waals surface area contributed by atoms with Crippen LogP contribution in [-0.4, -0.2) is 26.4 Å². The van der Waals surface area contributed by atoms with E-state index in [4.69, 9.17) is 15.6 Å². The van der Waals surface area contributed by atoms with E-state index in [1.165, 1.54) is 6.33 Å². The molecule has 150 valence electrons. The molecule has 0 saturated carbocycles. The van der Waals surface area contributed by atoms with Crippen LogP contribution in [0.1, 0.15) is 34.6 Å². The van der Waals surface area contributed by atoms with Crippen molar-refractivity contribution < 1.29 is 4.74 Å². The van der Waals surface area contributed by atoms with Gasteiger partial charge in [0.1, 0.15) is 23.6 Å². The van der Waals surface area contributed by atoms with E-state index in [0.29, 0.717) is 18.3 Å². The number of hydrogen-bond donors (Lipinski definition) is 1. The highest BCUT2D eigenvalue weighted by Gasteiger charge is 2.23. The first-order chi connectivity index (χ1) is 13.7. The Morgan fingerprint density at radius 2 is 1.76 bits per heavy atom. The van der Waals surface area contributed by atoms with E-state index in [1.54, 1.807) is 0 Å². The summed E-state index contributed by atoms with van der Waals surface area (Å²) in [6, 6.07) is 12.5. The number of rotatable bonds is 4. The number of ether oxygens (including phenoxy) is 1. The number of nitrogen functional groups attached to an aromatic ring is 1. The molecule has 6 heteroatoms. The van der Waals surface area contributed by atoms with Crippen molar-refractivity contribution >= 4 is 27.6 Å². The van der Waals surface area contributed by atoms with Crippen molar-refractivity contribution in [2.75, 3.05) is 12.3 Å². The fourth-order valence-corrected chi connectivity index (χ4v) is 3.37. The Morgan fingerprint density at radius 3 is 2.48 bits per heavy atom. The molecule has 0 radical (unpaired) electrons. The predicted octanol–water partition coefficient (Wildman–Crippen LogP) is 5.02. The monoisotopic (exact) mass is 389 g/mol. The Bertz CT molecular complexity index is 1190. The second kappa shape index (κ2) is 7.03. The molecule has 0 saturated heterocycles. The highest BCUT2D eigenvalue weighted by Crippen LogP contribution is 2.34. The smallest absolute Gasteiger partial charge is 0.164 e. The largest absolute Gasteiger partial charge is 0.493 e. The van der Waals surface area contributed by atoms with Crippen LogP contribution in [-0.2, 0) is 5.54 Å². The quantitative estimate of drug-likeness (QED) is 0.530. The van der Waals surface area contributed by atoms with Crippen molar-refractivity contribution in [2.24, 2.45) is 5.92 Å². The third-order valence-electron chi connectivity index (χ3n) is 4.80. The van der Waals surface area contributed by atoms with Crippen LogP contribution < -0.4 is 10.5 Å². The van der Waals surface area contributed by atoms with Crippen LogP contribution >= 0.6 is 0 Å². The molecule has 29 heavy (non-hydrogen) atoms. The average molecular weight is 390 g/mol. The van der Waals surface area contributed by atoms with E-state index < -0.39 is 0 Å². The highest BCUT2D eigenvalue weighted by molar-refractivity contribution is 6.00. The van der Waals surface area contributed by atoms with Gasteiger partial charge >= 0.3 is 0 Å². The lowest BCUT2D eigenvalue weighted by atomic mass is 10.0. The zero-order valence-corrected chi connectivity index (χ0v) is 17.6. The van der Waals surface area contributed by atoms with Gasteiger partial charge in [0.15, 0.2) is 5.65 Å². The molecule has 0 atom stereocenters. The first-order valence-corrected chi connectivity index (χ1v) is 9.90. The standard InChI is InChI=1S/C23H27N5O/c1-14(2)12-29-18-9-8-15-10-17(7-6-16(15)11-18)20-19-21(24)25-13-26-22(19)28(27-20)23(3,4)5/h6-11,13-14H,12H2,1-5H3,(H2,24,25,26). The van der Waals surface area contributed by atoms with Crippen LogP contribution in [0.4, 0.5) is 5.82 Å². The normalized spacial score (nSPS) is 12.2. The molecule has 0 unspecified atom stereocenters. The van der Waals surface area contributed by atoms with E-state index >= 15 is 0 Å². The Morgan fingerprint density at radius 1 is 1.03 bits per heavy atom. The van der Waals surface area contributed by atoms with Crippen molar-refractivity contribution in [3.8, 4) is 17.0 Å². The van der Waals surface area contributed by atoms with E-state index in [9.17, 15) is 0 Å². The van der Waals surface area contributed by atoms with Gasteiger partial charge in [0.25, 0.3) is 0 Å². The molecule has 2 N–H and O–H groups in total. The van der Waals surface area contributed by atoms with Gasteiger partial charge in [-0.3, -0.25) is 0 Å². The first kappa shape index (κ1) is 19.2. The number of aromatic nitrogens is 4. The minimum atomic E-state index is -0.225. The molecule has 6 nitrogen and oxygen atoms in total. The summed E-state index contributed by atoms with van der Waals surface area (Å²) in [5, 5.41) is 7.91. The van der Waals surface area contributed by atoms with Crippen LogP contribution in [0.15, 0.2) is 42.7 Å². The summed E-state index contributed by atoms with van der Waals surface area (Å²) < 4.78 is 7.78. The SMILES string of the molecule is CC(C)COc1ccc2cc(-c3nn(C(C)(C)C)c4ncnc(N)c34)ccc2c1. The molecule has 0 aliphatic rings. The molecule has 0 amide bonds. The molecule has 4 rings (SSSR count). The zero-order valence-electron chi connectivity index (χ0n) is 17.6. The maximum atomic E-state index is 6.22. The number of nitrogens with zero attached hydrogens (tertiary/aromatic N) is 4. The second-order valence-corrected chi connectivity index (χ2v) is 8.82. The molecular weight excluding hydrogens is 362 g/mol. The summed E-state index contributed by atoms with van der Waals surface area (Å²) in [5.41, 5.74) is 8.53. The van der Waals surface area contributed by atoms with Crippen molar-refractivity contribution in [1.82, 2.24) is 19.7 Å². The molecule has 0 bridgehead atoms. The Balaban J connectivity index is 1.82. The zero-order chi connectivity index (χ0) is 20.8. The summed E-state index contributed by atoms with van der Waals surface area (Å²) in [5.74, 6) is 1.82. The van der Waals surface area contributed by atoms with Gasteiger partial charge in [-0.05, 0) is 55.7 Å². The minimum Gasteiger partial charge on any atom is -0.493 e. The molecule has 2 heterocycles. The molecular formula is C23H27N5O. The van der Waals surface area contributed by atoms with E-state index in [2.05, 4.69) is 74.9 Å². The van der Waals surface area contributed by atoms with Crippen molar-refractivity contribution in [2.45, 2.75) is 40.2 Å². The van der Waals surface area contributed by atoms with Gasteiger partial charge in [0.2, 0.25) is 0 Å². The third-order valence-corrected chi connectivity index (χ3v) is 4.80. The Kier molecular flexibility index (Phi) is 4.65. The first-order valence-electron chi connectivity index (χ1n) is 9.90. The Hall–Kier alpha value is -3.15. The van der Waals surface area contributed by atoms with Gasteiger partial charge in [-0.2, -0.15) is 5.10 Å². The van der Waals surface area contributed by atoms with Crippen LogP contribution in [0.3, 0.4) is 0 Å². The Labute approximate surface area is 170 Å². The predicted molar refractivity (Wildman–Crippen MR) is 118 cm³/mol. The van der Waals surface area contributed by atoms with Gasteiger partial charge in [0, 0.05) is 5.56 Å². The van der Waals surface area contributed by atoms with Gasteiger partial charge in [-0.15, -0.1) is 0 Å². The number of fused-ring (bicyclic) bond motifs is 2. The molecule has 0 fully saturated rings. The lowest BCUT2D eigenvalue weighted by Crippen LogP contribution is -2.23. The molecule has 0 spiro atoms. The van der Waals surface area contributed by atoms with Crippen molar-refractivity contribution in [3.05, 3.63) is 42.7 Å². The van der Waals surface area contributed by atoms with Crippen molar-refractivity contribution in [3.63, 3.8) is 0 Å². The van der Waals surface area contributed by atoms with Gasteiger partial charge in [0.05, 0.1) is 17.5 Å². The molecule has 2 aromatic carbocycles. The van der Waals surface area contributed by atoms with Crippen LogP contribution in [0.2, 0.25) is 0 Å². The summed E-state index contributed by atoms with van der Waals surface area (Å²) >= 11 is 0. The molecule has 4 aromatic rings. The maximum Gasteiger partial charge on any atom is 0.164 e. The summed E-state index contributed by atoms with van der Waals surface area (Å²) in [6.07, 6.45) is 1.49. The summed E-state index contributed by atoms with van der Waals surface area (Å²) in [7, 11) is 0. The van der Waals surface area contributed by atoms with E-state index in [1.807, 2.05) is 10.7 Å². The molecule has 0 aliphatic heterocycles. The van der Waals surface area contributed by atoms with Crippen LogP contribution in [0.5, 0.6) is 5.75 Å². The fraction of sp³-hybridized carbons (Fsp3) is 0.348. The van der Waals surface area contributed by atoms with E-state index in [0.717, 1.165) is 38.8 Å². The molecule has 2 aromatic heterocycles. The third kappa shape index (κ3) is 3.62. The summed E-state index contributed by atoms with van der Waals surface area (Å²) in [6.45, 7) is 11.3. The van der Waals surface area contributed by atoms with Gasteiger partial charge in [-0.1, -0.05) is 32.0 Å². The van der Waals surface area contributed by atoms with Crippen molar-refractivity contribution in [1.29, 1.82) is 0 Å².